The van der Waals surface area contributed by atoms with E-state index in [2.05, 4.69) is 63.7 Å². The molecule has 1 aliphatic rings. The highest BCUT2D eigenvalue weighted by atomic mass is 32.2. The van der Waals surface area contributed by atoms with E-state index in [9.17, 15) is 24.0 Å². The molecule has 5 amide bonds. The molecule has 4 N–H and O–H groups in total. The minimum absolute atomic E-state index is 0.0570. The summed E-state index contributed by atoms with van der Waals surface area (Å²) in [4.78, 5) is 70.3. The van der Waals surface area contributed by atoms with Gasteiger partial charge in [-0.3, -0.25) is 24.0 Å². The van der Waals surface area contributed by atoms with Gasteiger partial charge in [0.25, 0.3) is 0 Å². The van der Waals surface area contributed by atoms with E-state index in [1.165, 1.54) is 6.92 Å². The molecule has 1 aliphatic heterocycles. The van der Waals surface area contributed by atoms with E-state index in [-0.39, 0.29) is 42.5 Å². The Kier molecular flexibility index (Phi) is 17.8. The summed E-state index contributed by atoms with van der Waals surface area (Å²) in [5.41, 5.74) is 4.36. The maximum Gasteiger partial charge on any atom is 0.245 e. The maximum absolute atomic E-state index is 14.7. The number of amides is 5. The van der Waals surface area contributed by atoms with Crippen LogP contribution in [0.1, 0.15) is 80.2 Å². The number of hydrogen-bond acceptors (Lipinski definition) is 6. The predicted molar refractivity (Wildman–Crippen MR) is 277 cm³/mol. The molecule has 6 aromatic rings. The van der Waals surface area contributed by atoms with Gasteiger partial charge in [0, 0.05) is 51.7 Å². The van der Waals surface area contributed by atoms with Gasteiger partial charge in [-0.05, 0) is 77.6 Å². The highest BCUT2D eigenvalue weighted by Gasteiger charge is 2.44. The fourth-order valence-corrected chi connectivity index (χ4v) is 11.2. The highest BCUT2D eigenvalue weighted by molar-refractivity contribution is 8.00. The van der Waals surface area contributed by atoms with Crippen molar-refractivity contribution in [3.63, 3.8) is 0 Å². The van der Waals surface area contributed by atoms with E-state index in [1.54, 1.807) is 16.7 Å². The van der Waals surface area contributed by atoms with E-state index in [1.807, 2.05) is 128 Å². The molecule has 0 aromatic heterocycles. The average molecular weight is 944 g/mol. The lowest BCUT2D eigenvalue weighted by Crippen LogP contribution is -2.58. The summed E-state index contributed by atoms with van der Waals surface area (Å²) >= 11 is 1.61. The second-order valence-corrected chi connectivity index (χ2v) is 19.4. The first-order valence-corrected chi connectivity index (χ1v) is 25.3. The van der Waals surface area contributed by atoms with Gasteiger partial charge in [0.2, 0.25) is 29.5 Å². The third-order valence-electron chi connectivity index (χ3n) is 13.1. The van der Waals surface area contributed by atoms with Crippen molar-refractivity contribution in [2.45, 2.75) is 82.0 Å². The smallest absolute Gasteiger partial charge is 0.245 e. The first-order valence-electron chi connectivity index (χ1n) is 24.3. The van der Waals surface area contributed by atoms with E-state index in [4.69, 9.17) is 0 Å². The number of carbonyl (C=O) groups is 5. The summed E-state index contributed by atoms with van der Waals surface area (Å²) in [5.74, 6) is -0.736. The number of nitrogens with zero attached hydrogens (tertiary/aromatic N) is 1. The van der Waals surface area contributed by atoms with Crippen LogP contribution in [0.3, 0.4) is 0 Å². The normalized spacial score (nSPS) is 15.7. The molecule has 3 atom stereocenters. The molecule has 0 spiro atoms. The molecule has 0 aliphatic carbocycles. The van der Waals surface area contributed by atoms with Crippen molar-refractivity contribution in [2.24, 2.45) is 5.41 Å². The molecular weight excluding hydrogens is 879 g/mol. The number of nitrogens with one attached hydrogen (secondary N) is 4. The van der Waals surface area contributed by atoms with E-state index in [0.717, 1.165) is 38.6 Å². The molecule has 1 unspecified atom stereocenters. The first kappa shape index (κ1) is 50.2. The molecule has 0 radical (unpaired) electrons. The van der Waals surface area contributed by atoms with Crippen molar-refractivity contribution in [3.8, 4) is 0 Å². The van der Waals surface area contributed by atoms with E-state index in [0.29, 0.717) is 70.3 Å². The Labute approximate surface area is 411 Å². The van der Waals surface area contributed by atoms with Crippen LogP contribution in [0.5, 0.6) is 0 Å². The molecule has 1 heterocycles. The van der Waals surface area contributed by atoms with Crippen LogP contribution in [0.2, 0.25) is 0 Å². The lowest BCUT2D eigenvalue weighted by molar-refractivity contribution is -0.144. The number of carbonyl (C=O) groups excluding carboxylic acids is 5. The summed E-state index contributed by atoms with van der Waals surface area (Å²) in [5, 5.41) is 14.2. The Morgan fingerprint density at radius 3 is 1.86 bits per heavy atom. The lowest BCUT2D eigenvalue weighted by atomic mass is 9.74. The van der Waals surface area contributed by atoms with Gasteiger partial charge in [0.15, 0.2) is 0 Å². The van der Waals surface area contributed by atoms with Crippen molar-refractivity contribution < 1.29 is 24.0 Å². The van der Waals surface area contributed by atoms with Crippen LogP contribution in [-0.4, -0.2) is 78.5 Å². The Bertz CT molecular complexity index is 2540. The maximum atomic E-state index is 14.7. The summed E-state index contributed by atoms with van der Waals surface area (Å²) in [7, 11) is 0. The van der Waals surface area contributed by atoms with Crippen molar-refractivity contribution in [3.05, 3.63) is 192 Å². The molecule has 10 nitrogen and oxygen atoms in total. The van der Waals surface area contributed by atoms with Crippen molar-refractivity contribution in [1.29, 1.82) is 0 Å². The Balaban J connectivity index is 0.978. The lowest BCUT2D eigenvalue weighted by Gasteiger charge is -2.43. The fraction of sp³-hybridized carbons (Fsp3) is 0.328. The summed E-state index contributed by atoms with van der Waals surface area (Å²) in [6, 6.07) is 53.2. The third-order valence-corrected chi connectivity index (χ3v) is 14.7. The second-order valence-electron chi connectivity index (χ2n) is 18.1. The van der Waals surface area contributed by atoms with E-state index >= 15 is 0 Å². The van der Waals surface area contributed by atoms with Crippen LogP contribution in [0, 0.1) is 5.41 Å². The number of likely N-dealkylation sites (tertiary alicyclic amines) is 1. The van der Waals surface area contributed by atoms with E-state index < -0.39 is 22.2 Å². The molecule has 1 saturated heterocycles. The summed E-state index contributed by atoms with van der Waals surface area (Å²) in [6.45, 7) is 4.96. The molecule has 7 rings (SSSR count). The quantitative estimate of drug-likeness (QED) is 0.0397. The van der Waals surface area contributed by atoms with Crippen LogP contribution in [0.4, 0.5) is 0 Å². The van der Waals surface area contributed by atoms with Gasteiger partial charge in [-0.2, -0.15) is 0 Å². The van der Waals surface area contributed by atoms with Gasteiger partial charge in [-0.15, -0.1) is 11.8 Å². The van der Waals surface area contributed by atoms with Gasteiger partial charge in [-0.1, -0.05) is 170 Å². The topological polar surface area (TPSA) is 137 Å². The summed E-state index contributed by atoms with van der Waals surface area (Å²) < 4.78 is -0.660. The van der Waals surface area contributed by atoms with Crippen molar-refractivity contribution >= 4 is 52.1 Å². The molecule has 1 fully saturated rings. The molecule has 6 aromatic carbocycles. The average Bonchev–Trinajstić information content (AvgIpc) is 3.38. The number of rotatable bonds is 22. The standard InChI is InChI=1S/C58H65N5O5S/c1-3-59-56(68)57(40-44-22-9-4-10-23-44)35-21-37-63(42-57)55(67)51(39-45-33-34-46-24-18-19-25-47(46)38-45)62-53(65)32-17-8-20-36-60-54(66)52(61-43(2)64)41-69-58(48-26-11-5-12-27-48,49-28-13-6-14-29-49)50-30-15-7-16-31-50/h4-7,9-16,18-19,22-31,33-34,38,51-52H,3,8,17,20-21,32,35-37,39-42H2,1-2H3,(H,59,68)(H,60,66)(H,61,64)(H,62,65)/t51-,52?,57+/m1/s1. The zero-order chi connectivity index (χ0) is 48.5. The Morgan fingerprint density at radius 2 is 1.25 bits per heavy atom. The van der Waals surface area contributed by atoms with Crippen molar-refractivity contribution in [1.82, 2.24) is 26.2 Å². The minimum atomic E-state index is -0.826. The largest absolute Gasteiger partial charge is 0.356 e. The molecule has 358 valence electrons. The number of thioether (sulfide) groups is 1. The Morgan fingerprint density at radius 1 is 0.652 bits per heavy atom. The first-order chi connectivity index (χ1) is 33.6. The second kappa shape index (κ2) is 24.5. The van der Waals surface area contributed by atoms with Gasteiger partial charge in [0.05, 0.1) is 10.2 Å². The summed E-state index contributed by atoms with van der Waals surface area (Å²) in [6.07, 6.45) is 4.19. The van der Waals surface area contributed by atoms with Crippen LogP contribution >= 0.6 is 11.8 Å². The monoisotopic (exact) mass is 943 g/mol. The molecule has 0 saturated carbocycles. The van der Waals surface area contributed by atoms with Crippen molar-refractivity contribution in [2.75, 3.05) is 31.9 Å². The zero-order valence-electron chi connectivity index (χ0n) is 39.8. The van der Waals surface area contributed by atoms with Crippen LogP contribution in [-0.2, 0) is 41.6 Å². The molecule has 69 heavy (non-hydrogen) atoms. The van der Waals surface area contributed by atoms with Gasteiger partial charge >= 0.3 is 0 Å². The Hall–Kier alpha value is -6.72. The number of fused-ring (bicyclic) bond motifs is 1. The van der Waals surface area contributed by atoms with Gasteiger partial charge in [0.1, 0.15) is 12.1 Å². The SMILES string of the molecule is CCNC(=O)[C@]1(Cc2ccccc2)CCCN(C(=O)[C@@H](Cc2ccc3ccccc3c2)NC(=O)CCCCCNC(=O)C(CSC(c2ccccc2)(c2ccccc2)c2ccccc2)NC(C)=O)C1. The third kappa shape index (κ3) is 13.1. The fourth-order valence-electron chi connectivity index (χ4n) is 9.68. The molecular formula is C58H65N5O5S. The zero-order valence-corrected chi connectivity index (χ0v) is 40.6. The van der Waals surface area contributed by atoms with Crippen LogP contribution in [0.15, 0.2) is 164 Å². The van der Waals surface area contributed by atoms with Gasteiger partial charge in [-0.25, -0.2) is 0 Å². The number of piperidine rings is 1. The van der Waals surface area contributed by atoms with Crippen LogP contribution < -0.4 is 21.3 Å². The van der Waals surface area contributed by atoms with Crippen LogP contribution in [0.25, 0.3) is 10.8 Å². The number of unbranched alkanes of at least 4 members (excludes halogenated alkanes) is 2. The number of benzene rings is 6. The number of hydrogen-bond donors (Lipinski definition) is 4. The van der Waals surface area contributed by atoms with Gasteiger partial charge < -0.3 is 26.2 Å². The molecule has 11 heteroatoms. The minimum Gasteiger partial charge on any atom is -0.356 e. The molecule has 0 bridgehead atoms. The predicted octanol–water partition coefficient (Wildman–Crippen LogP) is 8.76. The highest BCUT2D eigenvalue weighted by Crippen LogP contribution is 2.48.